The summed E-state index contributed by atoms with van der Waals surface area (Å²) < 4.78 is 0.935. The first kappa shape index (κ1) is 17.5. The Morgan fingerprint density at radius 3 is 2.85 bits per heavy atom. The van der Waals surface area contributed by atoms with E-state index in [0.717, 1.165) is 42.1 Å². The van der Waals surface area contributed by atoms with E-state index in [2.05, 4.69) is 37.5 Å². The van der Waals surface area contributed by atoms with Crippen molar-refractivity contribution in [3.05, 3.63) is 45.7 Å². The average Bonchev–Trinajstić information content (AvgIpc) is 3.09. The minimum absolute atomic E-state index is 0.0921. The summed E-state index contributed by atoms with van der Waals surface area (Å²) in [5.41, 5.74) is 16.5. The van der Waals surface area contributed by atoms with Gasteiger partial charge in [-0.05, 0) is 46.2 Å². The lowest BCUT2D eigenvalue weighted by atomic mass is 9.97. The van der Waals surface area contributed by atoms with Crippen LogP contribution in [0.5, 0.6) is 0 Å². The van der Waals surface area contributed by atoms with Gasteiger partial charge in [0.15, 0.2) is 5.95 Å². The van der Waals surface area contributed by atoms with Crippen molar-refractivity contribution in [2.24, 2.45) is 0 Å². The summed E-state index contributed by atoms with van der Waals surface area (Å²) in [6.07, 6.45) is 2.31. The second-order valence-electron chi connectivity index (χ2n) is 6.25. The molecular formula is C19H16IN5O2. The van der Waals surface area contributed by atoms with Crippen molar-refractivity contribution in [2.75, 3.05) is 11.5 Å². The van der Waals surface area contributed by atoms with Crippen LogP contribution in [0.15, 0.2) is 36.5 Å². The number of aliphatic carboxylic acids is 1. The van der Waals surface area contributed by atoms with Crippen molar-refractivity contribution in [1.82, 2.24) is 15.0 Å². The number of rotatable bonds is 4. The fourth-order valence-electron chi connectivity index (χ4n) is 3.33. The summed E-state index contributed by atoms with van der Waals surface area (Å²) in [6, 6.07) is 9.78. The minimum Gasteiger partial charge on any atom is -0.481 e. The van der Waals surface area contributed by atoms with Crippen molar-refractivity contribution < 1.29 is 9.90 Å². The number of carboxylic acid groups (broad SMARTS) is 1. The predicted molar refractivity (Wildman–Crippen MR) is 114 cm³/mol. The van der Waals surface area contributed by atoms with Crippen molar-refractivity contribution in [2.45, 2.75) is 12.8 Å². The number of nitrogens with zero attached hydrogens (tertiary/aromatic N) is 2. The predicted octanol–water partition coefficient (Wildman–Crippen LogP) is 3.56. The number of carboxylic acids is 1. The third-order valence-electron chi connectivity index (χ3n) is 4.49. The molecule has 0 fully saturated rings. The number of aromatic nitrogens is 3. The highest BCUT2D eigenvalue weighted by Gasteiger charge is 2.19. The Bertz CT molecular complexity index is 1200. The Labute approximate surface area is 167 Å². The summed E-state index contributed by atoms with van der Waals surface area (Å²) in [6.45, 7) is 0. The number of nitrogens with two attached hydrogens (primary N) is 2. The van der Waals surface area contributed by atoms with Crippen molar-refractivity contribution >= 4 is 62.1 Å². The zero-order chi connectivity index (χ0) is 19.1. The number of fused-ring (bicyclic) bond motifs is 3. The number of aromatic amines is 1. The monoisotopic (exact) mass is 473 g/mol. The number of hydrogen-bond acceptors (Lipinski definition) is 5. The molecule has 2 aromatic heterocycles. The summed E-state index contributed by atoms with van der Waals surface area (Å²) in [7, 11) is 0. The van der Waals surface area contributed by atoms with Crippen LogP contribution in [-0.4, -0.2) is 26.0 Å². The van der Waals surface area contributed by atoms with Gasteiger partial charge in [-0.1, -0.05) is 24.3 Å². The Kier molecular flexibility index (Phi) is 4.34. The summed E-state index contributed by atoms with van der Waals surface area (Å²) in [5, 5.41) is 10.6. The fourth-order valence-corrected chi connectivity index (χ4v) is 4.30. The molecule has 0 unspecified atom stereocenters. The van der Waals surface area contributed by atoms with Gasteiger partial charge >= 0.3 is 5.97 Å². The SMILES string of the molecule is Nc1nc(N)c2c([nH]1)c(I)c(-c1cccc(CCC(=O)O)c1)c1nccc12. The third-order valence-corrected chi connectivity index (χ3v) is 5.57. The number of anilines is 2. The second-order valence-corrected chi connectivity index (χ2v) is 7.33. The molecule has 136 valence electrons. The highest BCUT2D eigenvalue weighted by molar-refractivity contribution is 14.1. The molecule has 0 bridgehead atoms. The lowest BCUT2D eigenvalue weighted by molar-refractivity contribution is -0.136. The van der Waals surface area contributed by atoms with Crippen LogP contribution in [0.25, 0.3) is 32.9 Å². The summed E-state index contributed by atoms with van der Waals surface area (Å²) >= 11 is 2.26. The summed E-state index contributed by atoms with van der Waals surface area (Å²) in [5.74, 6) is -0.203. The minimum atomic E-state index is -0.811. The number of nitrogen functional groups attached to an aromatic ring is 2. The van der Waals surface area contributed by atoms with Crippen molar-refractivity contribution in [3.8, 4) is 11.1 Å². The number of nitrogens with one attached hydrogen (secondary N) is 1. The Morgan fingerprint density at radius 1 is 1.26 bits per heavy atom. The van der Waals surface area contributed by atoms with Crippen LogP contribution in [0.2, 0.25) is 0 Å². The molecule has 7 nitrogen and oxygen atoms in total. The topological polar surface area (TPSA) is 131 Å². The molecule has 4 rings (SSSR count). The van der Waals surface area contributed by atoms with Gasteiger partial charge in [0.25, 0.3) is 0 Å². The number of carbonyl (C=O) groups is 1. The molecule has 0 atom stereocenters. The largest absolute Gasteiger partial charge is 0.481 e. The van der Waals surface area contributed by atoms with Crippen LogP contribution in [0.1, 0.15) is 12.0 Å². The van der Waals surface area contributed by atoms with Crippen LogP contribution in [-0.2, 0) is 11.2 Å². The molecule has 27 heavy (non-hydrogen) atoms. The van der Waals surface area contributed by atoms with Crippen LogP contribution >= 0.6 is 22.6 Å². The van der Waals surface area contributed by atoms with Crippen LogP contribution in [0, 0.1) is 3.57 Å². The first-order valence-electron chi connectivity index (χ1n) is 8.27. The number of H-pyrrole nitrogens is 1. The van der Waals surface area contributed by atoms with Gasteiger partial charge in [-0.2, -0.15) is 4.98 Å². The quantitative estimate of drug-likeness (QED) is 0.336. The van der Waals surface area contributed by atoms with E-state index in [9.17, 15) is 4.79 Å². The average molecular weight is 473 g/mol. The van der Waals surface area contributed by atoms with Gasteiger partial charge in [-0.15, -0.1) is 0 Å². The molecule has 0 aliphatic carbocycles. The van der Waals surface area contributed by atoms with Crippen molar-refractivity contribution in [3.63, 3.8) is 0 Å². The zero-order valence-electron chi connectivity index (χ0n) is 14.2. The molecular weight excluding hydrogens is 457 g/mol. The molecule has 0 aliphatic rings. The highest BCUT2D eigenvalue weighted by atomic mass is 127. The normalized spacial score (nSPS) is 11.3. The number of benzene rings is 2. The molecule has 0 saturated carbocycles. The molecule has 8 heteroatoms. The third kappa shape index (κ3) is 3.05. The van der Waals surface area contributed by atoms with E-state index >= 15 is 0 Å². The van der Waals surface area contributed by atoms with E-state index in [1.54, 1.807) is 6.20 Å². The van der Waals surface area contributed by atoms with Gasteiger partial charge in [0.1, 0.15) is 5.82 Å². The van der Waals surface area contributed by atoms with E-state index < -0.39 is 5.97 Å². The van der Waals surface area contributed by atoms with Crippen LogP contribution in [0.3, 0.4) is 0 Å². The molecule has 0 radical (unpaired) electrons. The van der Waals surface area contributed by atoms with E-state index in [1.807, 2.05) is 30.3 Å². The lowest BCUT2D eigenvalue weighted by Crippen LogP contribution is -2.03. The van der Waals surface area contributed by atoms with E-state index in [-0.39, 0.29) is 12.4 Å². The highest BCUT2D eigenvalue weighted by Crippen LogP contribution is 2.40. The molecule has 0 spiro atoms. The molecule has 2 heterocycles. The Morgan fingerprint density at radius 2 is 2.07 bits per heavy atom. The van der Waals surface area contributed by atoms with Crippen LogP contribution < -0.4 is 11.5 Å². The number of aryl methyl sites for hydroxylation is 1. The fraction of sp³-hybridized carbons (Fsp3) is 0.105. The van der Waals surface area contributed by atoms with Gasteiger partial charge in [0.2, 0.25) is 0 Å². The van der Waals surface area contributed by atoms with E-state index in [1.165, 1.54) is 0 Å². The Hall–Kier alpha value is -2.88. The van der Waals surface area contributed by atoms with Crippen molar-refractivity contribution in [1.29, 1.82) is 0 Å². The molecule has 2 aromatic carbocycles. The van der Waals surface area contributed by atoms with Gasteiger partial charge in [-0.25, -0.2) is 0 Å². The molecule has 0 amide bonds. The standard InChI is InChI=1S/C19H16IN5O2/c20-15-13(10-3-1-2-9(8-10)4-5-12(26)27)16-11(6-7-23-16)14-17(15)24-19(22)25-18(14)21/h1-3,6-8H,4-5,21H2,(H,26,27)(H3,22,24,25). The lowest BCUT2D eigenvalue weighted by Gasteiger charge is -2.14. The molecule has 6 N–H and O–H groups in total. The van der Waals surface area contributed by atoms with Crippen LogP contribution in [0.4, 0.5) is 11.8 Å². The Balaban J connectivity index is 1.99. The van der Waals surface area contributed by atoms with Gasteiger partial charge in [0, 0.05) is 27.1 Å². The second kappa shape index (κ2) is 6.69. The van der Waals surface area contributed by atoms with Gasteiger partial charge in [-0.3, -0.25) is 9.78 Å². The summed E-state index contributed by atoms with van der Waals surface area (Å²) in [4.78, 5) is 22.7. The van der Waals surface area contributed by atoms with E-state index in [0.29, 0.717) is 12.2 Å². The van der Waals surface area contributed by atoms with E-state index in [4.69, 9.17) is 16.6 Å². The van der Waals surface area contributed by atoms with Gasteiger partial charge < -0.3 is 21.6 Å². The van der Waals surface area contributed by atoms with Gasteiger partial charge in [0.05, 0.1) is 16.4 Å². The molecule has 0 aliphatic heterocycles. The molecule has 0 saturated heterocycles. The molecule has 4 aromatic rings. The smallest absolute Gasteiger partial charge is 0.303 e. The first-order valence-corrected chi connectivity index (χ1v) is 9.35. The number of halogens is 1. The first-order chi connectivity index (χ1) is 13.0. The maximum absolute atomic E-state index is 10.9. The maximum atomic E-state index is 10.9. The zero-order valence-corrected chi connectivity index (χ0v) is 16.3. The maximum Gasteiger partial charge on any atom is 0.303 e. The number of hydrogen-bond donors (Lipinski definition) is 4.